The SMILES string of the molecule is O=C(O)c1nn(Cc2ccco2)c2ccccc12. The molecule has 0 saturated carbocycles. The molecule has 0 aliphatic rings. The summed E-state index contributed by atoms with van der Waals surface area (Å²) in [5.74, 6) is -0.287. The summed E-state index contributed by atoms with van der Waals surface area (Å²) in [6.07, 6.45) is 1.58. The number of aromatic nitrogens is 2. The highest BCUT2D eigenvalue weighted by molar-refractivity contribution is 6.01. The summed E-state index contributed by atoms with van der Waals surface area (Å²) in [5.41, 5.74) is 0.850. The first-order chi connectivity index (χ1) is 8.75. The lowest BCUT2D eigenvalue weighted by atomic mass is 10.2. The Kier molecular flexibility index (Phi) is 2.37. The Morgan fingerprint density at radius 1 is 1.28 bits per heavy atom. The summed E-state index contributed by atoms with van der Waals surface area (Å²) in [4.78, 5) is 11.1. The number of furan rings is 1. The predicted octanol–water partition coefficient (Wildman–Crippen LogP) is 2.38. The zero-order valence-electron chi connectivity index (χ0n) is 9.41. The molecule has 1 aromatic carbocycles. The number of carboxylic acids is 1. The van der Waals surface area contributed by atoms with E-state index in [1.165, 1.54) is 0 Å². The van der Waals surface area contributed by atoms with Crippen LogP contribution in [0.1, 0.15) is 16.2 Å². The highest BCUT2D eigenvalue weighted by Crippen LogP contribution is 2.19. The van der Waals surface area contributed by atoms with Gasteiger partial charge in [0.05, 0.1) is 18.3 Å². The molecule has 3 rings (SSSR count). The van der Waals surface area contributed by atoms with Crippen LogP contribution in [0.3, 0.4) is 0 Å². The van der Waals surface area contributed by atoms with E-state index < -0.39 is 5.97 Å². The fraction of sp³-hybridized carbons (Fsp3) is 0.0769. The third-order valence-electron chi connectivity index (χ3n) is 2.75. The number of nitrogens with zero attached hydrogens (tertiary/aromatic N) is 2. The fourth-order valence-electron chi connectivity index (χ4n) is 1.96. The van der Waals surface area contributed by atoms with E-state index in [1.807, 2.05) is 18.2 Å². The zero-order valence-corrected chi connectivity index (χ0v) is 9.41. The van der Waals surface area contributed by atoms with Crippen LogP contribution in [0.2, 0.25) is 0 Å². The Balaban J connectivity index is 2.14. The maximum Gasteiger partial charge on any atom is 0.357 e. The largest absolute Gasteiger partial charge is 0.476 e. The van der Waals surface area contributed by atoms with Crippen LogP contribution in [-0.4, -0.2) is 20.9 Å². The molecule has 0 bridgehead atoms. The lowest BCUT2D eigenvalue weighted by molar-refractivity contribution is 0.0691. The molecule has 2 heterocycles. The number of benzene rings is 1. The second-order valence-corrected chi connectivity index (χ2v) is 3.91. The highest BCUT2D eigenvalue weighted by atomic mass is 16.4. The Morgan fingerprint density at radius 2 is 2.11 bits per heavy atom. The van der Waals surface area contributed by atoms with Gasteiger partial charge in [0.15, 0.2) is 5.69 Å². The molecule has 18 heavy (non-hydrogen) atoms. The summed E-state index contributed by atoms with van der Waals surface area (Å²) in [7, 11) is 0. The van der Waals surface area contributed by atoms with Crippen LogP contribution in [-0.2, 0) is 6.54 Å². The van der Waals surface area contributed by atoms with E-state index in [2.05, 4.69) is 5.10 Å². The van der Waals surface area contributed by atoms with Gasteiger partial charge in [-0.15, -0.1) is 0 Å². The Labute approximate surface area is 102 Å². The minimum Gasteiger partial charge on any atom is -0.476 e. The average molecular weight is 242 g/mol. The number of aromatic carboxylic acids is 1. The first kappa shape index (κ1) is 10.6. The highest BCUT2D eigenvalue weighted by Gasteiger charge is 2.16. The van der Waals surface area contributed by atoms with Gasteiger partial charge in [0.25, 0.3) is 0 Å². The molecular formula is C13H10N2O3. The molecule has 90 valence electrons. The molecule has 0 radical (unpaired) electrons. The van der Waals surface area contributed by atoms with Crippen LogP contribution >= 0.6 is 0 Å². The third kappa shape index (κ3) is 1.66. The van der Waals surface area contributed by atoms with Crippen molar-refractivity contribution in [2.75, 3.05) is 0 Å². The lowest BCUT2D eigenvalue weighted by Crippen LogP contribution is -2.03. The van der Waals surface area contributed by atoms with E-state index in [9.17, 15) is 4.79 Å². The third-order valence-corrected chi connectivity index (χ3v) is 2.75. The molecule has 0 aliphatic carbocycles. The molecule has 0 fully saturated rings. The topological polar surface area (TPSA) is 68.3 Å². The van der Waals surface area contributed by atoms with Gasteiger partial charge in [-0.1, -0.05) is 18.2 Å². The van der Waals surface area contributed by atoms with E-state index in [-0.39, 0.29) is 5.69 Å². The summed E-state index contributed by atoms with van der Waals surface area (Å²) in [5, 5.41) is 13.9. The maximum absolute atomic E-state index is 11.1. The van der Waals surface area contributed by atoms with Crippen molar-refractivity contribution in [3.8, 4) is 0 Å². The molecule has 0 saturated heterocycles. The molecular weight excluding hydrogens is 232 g/mol. The first-order valence-electron chi connectivity index (χ1n) is 5.47. The smallest absolute Gasteiger partial charge is 0.357 e. The summed E-state index contributed by atoms with van der Waals surface area (Å²) in [6.45, 7) is 0.417. The van der Waals surface area contributed by atoms with Crippen molar-refractivity contribution in [3.63, 3.8) is 0 Å². The summed E-state index contributed by atoms with van der Waals surface area (Å²) < 4.78 is 6.88. The molecule has 2 aromatic heterocycles. The molecule has 0 spiro atoms. The zero-order chi connectivity index (χ0) is 12.5. The number of hydrogen-bond acceptors (Lipinski definition) is 3. The van der Waals surface area contributed by atoms with E-state index in [0.29, 0.717) is 11.9 Å². The number of hydrogen-bond donors (Lipinski definition) is 1. The molecule has 0 amide bonds. The van der Waals surface area contributed by atoms with Gasteiger partial charge in [0.1, 0.15) is 5.76 Å². The lowest BCUT2D eigenvalue weighted by Gasteiger charge is -1.99. The normalized spacial score (nSPS) is 10.9. The summed E-state index contributed by atoms with van der Waals surface area (Å²) in [6, 6.07) is 10.9. The van der Waals surface area contributed by atoms with Crippen LogP contribution in [0.15, 0.2) is 47.1 Å². The minimum atomic E-state index is -1.02. The van der Waals surface area contributed by atoms with Gasteiger partial charge in [0.2, 0.25) is 0 Å². The van der Waals surface area contributed by atoms with Crippen LogP contribution in [0.25, 0.3) is 10.9 Å². The average Bonchev–Trinajstić information content (AvgIpc) is 2.98. The van der Waals surface area contributed by atoms with Crippen molar-refractivity contribution in [2.45, 2.75) is 6.54 Å². The van der Waals surface area contributed by atoms with Gasteiger partial charge < -0.3 is 9.52 Å². The van der Waals surface area contributed by atoms with Gasteiger partial charge in [-0.05, 0) is 18.2 Å². The number of carboxylic acid groups (broad SMARTS) is 1. The molecule has 0 unspecified atom stereocenters. The first-order valence-corrected chi connectivity index (χ1v) is 5.47. The van der Waals surface area contributed by atoms with Crippen LogP contribution in [0.4, 0.5) is 0 Å². The van der Waals surface area contributed by atoms with Crippen molar-refractivity contribution in [1.29, 1.82) is 0 Å². The van der Waals surface area contributed by atoms with Crippen molar-refractivity contribution >= 4 is 16.9 Å². The van der Waals surface area contributed by atoms with Gasteiger partial charge >= 0.3 is 5.97 Å². The van der Waals surface area contributed by atoms with Crippen LogP contribution in [0.5, 0.6) is 0 Å². The van der Waals surface area contributed by atoms with E-state index in [4.69, 9.17) is 9.52 Å². The molecule has 3 aromatic rings. The quantitative estimate of drug-likeness (QED) is 0.765. The molecule has 0 atom stereocenters. The fourth-order valence-corrected chi connectivity index (χ4v) is 1.96. The standard InChI is InChI=1S/C13H10N2O3/c16-13(17)12-10-5-1-2-6-11(10)15(14-12)8-9-4-3-7-18-9/h1-7H,8H2,(H,16,17). The minimum absolute atomic E-state index is 0.0668. The van der Waals surface area contributed by atoms with Gasteiger partial charge in [-0.25, -0.2) is 4.79 Å². The Bertz CT molecular complexity index is 698. The number of para-hydroxylation sites is 1. The van der Waals surface area contributed by atoms with Gasteiger partial charge in [0, 0.05) is 5.39 Å². The van der Waals surface area contributed by atoms with Crippen molar-refractivity contribution in [1.82, 2.24) is 9.78 Å². The Morgan fingerprint density at radius 3 is 2.83 bits per heavy atom. The van der Waals surface area contributed by atoms with E-state index in [1.54, 1.807) is 29.1 Å². The summed E-state index contributed by atoms with van der Waals surface area (Å²) >= 11 is 0. The second kappa shape index (κ2) is 4.03. The Hall–Kier alpha value is -2.56. The second-order valence-electron chi connectivity index (χ2n) is 3.91. The van der Waals surface area contributed by atoms with E-state index >= 15 is 0 Å². The molecule has 5 heteroatoms. The van der Waals surface area contributed by atoms with Crippen LogP contribution in [0, 0.1) is 0 Å². The number of rotatable bonds is 3. The van der Waals surface area contributed by atoms with Crippen LogP contribution < -0.4 is 0 Å². The molecule has 1 N–H and O–H groups in total. The predicted molar refractivity (Wildman–Crippen MR) is 64.5 cm³/mol. The number of fused-ring (bicyclic) bond motifs is 1. The van der Waals surface area contributed by atoms with Crippen molar-refractivity contribution < 1.29 is 14.3 Å². The van der Waals surface area contributed by atoms with Crippen molar-refractivity contribution in [3.05, 3.63) is 54.1 Å². The van der Waals surface area contributed by atoms with Crippen molar-refractivity contribution in [2.24, 2.45) is 0 Å². The molecule has 5 nitrogen and oxygen atoms in total. The van der Waals surface area contributed by atoms with E-state index in [0.717, 1.165) is 11.3 Å². The van der Waals surface area contributed by atoms with Gasteiger partial charge in [-0.2, -0.15) is 5.10 Å². The monoisotopic (exact) mass is 242 g/mol. The maximum atomic E-state index is 11.1. The van der Waals surface area contributed by atoms with Gasteiger partial charge in [-0.3, -0.25) is 4.68 Å². The molecule has 0 aliphatic heterocycles. The number of carbonyl (C=O) groups is 1.